The van der Waals surface area contributed by atoms with Crippen molar-refractivity contribution in [2.75, 3.05) is 28.4 Å². The highest BCUT2D eigenvalue weighted by Gasteiger charge is 2.11. The Bertz CT molecular complexity index is 669. The van der Waals surface area contributed by atoms with Crippen LogP contribution in [0.3, 0.4) is 0 Å². The minimum atomic E-state index is -1.03. The number of nitrogens with zero attached hydrogens (tertiary/aromatic N) is 2. The maximum atomic E-state index is 13.5. The molecule has 0 bridgehead atoms. The van der Waals surface area contributed by atoms with E-state index >= 15 is 0 Å². The summed E-state index contributed by atoms with van der Waals surface area (Å²) in [5.41, 5.74) is 5.58. The average molecular weight is 326 g/mol. The highest BCUT2D eigenvalue weighted by Crippen LogP contribution is 2.20. The molecule has 0 aliphatic rings. The zero-order valence-corrected chi connectivity index (χ0v) is 12.6. The molecule has 1 heterocycles. The summed E-state index contributed by atoms with van der Waals surface area (Å²) in [6, 6.07) is 1.32. The van der Waals surface area contributed by atoms with Crippen molar-refractivity contribution in [3.63, 3.8) is 0 Å². The first-order valence-electron chi connectivity index (χ1n) is 6.88. The lowest BCUT2D eigenvalue weighted by Crippen LogP contribution is -2.18. The van der Waals surface area contributed by atoms with E-state index in [0.29, 0.717) is 23.9 Å². The molecule has 0 unspecified atom stereocenters. The number of hydrogen-bond acceptors (Lipinski definition) is 6. The van der Waals surface area contributed by atoms with Crippen LogP contribution in [0.15, 0.2) is 18.3 Å². The summed E-state index contributed by atoms with van der Waals surface area (Å²) in [5.74, 6) is -2.36. The summed E-state index contributed by atoms with van der Waals surface area (Å²) in [4.78, 5) is 8.17. The Morgan fingerprint density at radius 3 is 2.39 bits per heavy atom. The lowest BCUT2D eigenvalue weighted by Gasteiger charge is -2.14. The number of halogens is 3. The first kappa shape index (κ1) is 16.7. The van der Waals surface area contributed by atoms with Gasteiger partial charge < -0.3 is 21.7 Å². The van der Waals surface area contributed by atoms with Crippen LogP contribution in [0.5, 0.6) is 0 Å². The molecular weight excluding hydrogens is 309 g/mol. The van der Waals surface area contributed by atoms with Gasteiger partial charge in [0, 0.05) is 18.2 Å². The molecule has 5 N–H and O–H groups in total. The summed E-state index contributed by atoms with van der Waals surface area (Å²) in [6.45, 7) is 3.78. The molecule has 0 saturated carbocycles. The van der Waals surface area contributed by atoms with Crippen molar-refractivity contribution >= 4 is 23.1 Å². The molecule has 6 nitrogen and oxygen atoms in total. The fraction of sp³-hybridized carbons (Fsp3) is 0.286. The van der Waals surface area contributed by atoms with Gasteiger partial charge in [-0.05, 0) is 13.8 Å². The first-order valence-corrected chi connectivity index (χ1v) is 6.88. The summed E-state index contributed by atoms with van der Waals surface area (Å²) < 4.78 is 39.8. The Labute approximate surface area is 131 Å². The van der Waals surface area contributed by atoms with E-state index in [9.17, 15) is 13.2 Å². The lowest BCUT2D eigenvalue weighted by molar-refractivity contribution is 0.547. The van der Waals surface area contributed by atoms with Crippen LogP contribution in [0.25, 0.3) is 0 Å². The quantitative estimate of drug-likeness (QED) is 0.611. The van der Waals surface area contributed by atoms with E-state index in [4.69, 9.17) is 5.73 Å². The van der Waals surface area contributed by atoms with Crippen LogP contribution < -0.4 is 21.7 Å². The lowest BCUT2D eigenvalue weighted by atomic mass is 10.3. The van der Waals surface area contributed by atoms with Crippen molar-refractivity contribution in [3.8, 4) is 0 Å². The molecule has 2 aromatic rings. The fourth-order valence-corrected chi connectivity index (χ4v) is 1.79. The highest BCUT2D eigenvalue weighted by molar-refractivity contribution is 5.62. The van der Waals surface area contributed by atoms with Gasteiger partial charge in [-0.15, -0.1) is 0 Å². The maximum absolute atomic E-state index is 13.5. The van der Waals surface area contributed by atoms with E-state index in [1.165, 1.54) is 6.20 Å². The largest absolute Gasteiger partial charge is 0.394 e. The van der Waals surface area contributed by atoms with Gasteiger partial charge in [0.1, 0.15) is 11.5 Å². The minimum Gasteiger partial charge on any atom is -0.394 e. The predicted octanol–water partition coefficient (Wildman–Crippen LogP) is 2.78. The normalized spacial score (nSPS) is 10.7. The summed E-state index contributed by atoms with van der Waals surface area (Å²) in [6.07, 6.45) is 1.42. The Balaban J connectivity index is 2.04. The van der Waals surface area contributed by atoms with Crippen LogP contribution in [0, 0.1) is 17.5 Å². The van der Waals surface area contributed by atoms with Crippen LogP contribution in [-0.4, -0.2) is 22.7 Å². The van der Waals surface area contributed by atoms with E-state index in [1.807, 2.05) is 13.8 Å². The van der Waals surface area contributed by atoms with Gasteiger partial charge in [-0.2, -0.15) is 4.98 Å². The molecule has 0 atom stereocenters. The smallest absolute Gasteiger partial charge is 0.224 e. The Morgan fingerprint density at radius 2 is 1.78 bits per heavy atom. The van der Waals surface area contributed by atoms with Crippen LogP contribution in [0.1, 0.15) is 13.8 Å². The minimum absolute atomic E-state index is 0.0677. The van der Waals surface area contributed by atoms with Crippen molar-refractivity contribution < 1.29 is 13.2 Å². The van der Waals surface area contributed by atoms with E-state index in [-0.39, 0.29) is 18.4 Å². The van der Waals surface area contributed by atoms with E-state index < -0.39 is 23.1 Å². The number of nitrogens with one attached hydrogen (secondary N) is 3. The number of anilines is 4. The first-order chi connectivity index (χ1) is 10.9. The Morgan fingerprint density at radius 1 is 1.13 bits per heavy atom. The van der Waals surface area contributed by atoms with Gasteiger partial charge in [-0.1, -0.05) is 0 Å². The molecule has 0 aliphatic heterocycles. The van der Waals surface area contributed by atoms with Gasteiger partial charge >= 0.3 is 0 Å². The Kier molecular flexibility index (Phi) is 5.09. The molecule has 1 aromatic heterocycles. The molecule has 23 heavy (non-hydrogen) atoms. The second-order valence-corrected chi connectivity index (χ2v) is 5.07. The number of hydrogen-bond donors (Lipinski definition) is 4. The second kappa shape index (κ2) is 7.03. The van der Waals surface area contributed by atoms with Crippen LogP contribution in [0.2, 0.25) is 0 Å². The number of benzene rings is 1. The summed E-state index contributed by atoms with van der Waals surface area (Å²) >= 11 is 0. The SMILES string of the molecule is CC(C)Nc1ncc(N)c(NCNc2c(F)cc(F)cc2F)n1. The predicted molar refractivity (Wildman–Crippen MR) is 83.6 cm³/mol. The molecule has 1 aromatic carbocycles. The van der Waals surface area contributed by atoms with Gasteiger partial charge in [-0.25, -0.2) is 18.2 Å². The zero-order valence-electron chi connectivity index (χ0n) is 12.6. The van der Waals surface area contributed by atoms with Crippen molar-refractivity contribution in [2.45, 2.75) is 19.9 Å². The third-order valence-electron chi connectivity index (χ3n) is 2.76. The van der Waals surface area contributed by atoms with Gasteiger partial charge in [0.25, 0.3) is 0 Å². The van der Waals surface area contributed by atoms with Gasteiger partial charge in [0.05, 0.1) is 18.6 Å². The number of rotatable bonds is 6. The van der Waals surface area contributed by atoms with E-state index in [2.05, 4.69) is 25.9 Å². The highest BCUT2D eigenvalue weighted by atomic mass is 19.1. The zero-order chi connectivity index (χ0) is 17.0. The van der Waals surface area contributed by atoms with Gasteiger partial charge in [0.15, 0.2) is 17.5 Å². The standard InChI is InChI=1S/C14H17F3N6/c1-7(2)22-14-19-5-11(18)13(23-14)21-6-20-12-9(16)3-8(15)4-10(12)17/h3-5,7,20H,6,18H2,1-2H3,(H2,19,21,22,23). The van der Waals surface area contributed by atoms with Crippen LogP contribution in [0.4, 0.5) is 36.3 Å². The maximum Gasteiger partial charge on any atom is 0.224 e. The average Bonchev–Trinajstić information content (AvgIpc) is 2.44. The topological polar surface area (TPSA) is 87.9 Å². The van der Waals surface area contributed by atoms with Crippen molar-refractivity contribution in [2.24, 2.45) is 0 Å². The Hall–Kier alpha value is -2.71. The number of nitrogens with two attached hydrogens (primary N) is 1. The summed E-state index contributed by atoms with van der Waals surface area (Å²) in [7, 11) is 0. The molecule has 0 saturated heterocycles. The summed E-state index contributed by atoms with van der Waals surface area (Å²) in [5, 5.41) is 8.28. The molecular formula is C14H17F3N6. The van der Waals surface area contributed by atoms with Crippen LogP contribution >= 0.6 is 0 Å². The monoisotopic (exact) mass is 326 g/mol. The molecule has 124 valence electrons. The van der Waals surface area contributed by atoms with E-state index in [0.717, 1.165) is 0 Å². The molecule has 0 amide bonds. The molecule has 2 rings (SSSR count). The number of aromatic nitrogens is 2. The second-order valence-electron chi connectivity index (χ2n) is 5.07. The molecule has 0 fully saturated rings. The molecule has 0 aliphatic carbocycles. The molecule has 9 heteroatoms. The molecule has 0 radical (unpaired) electrons. The van der Waals surface area contributed by atoms with Gasteiger partial charge in [0.2, 0.25) is 5.95 Å². The van der Waals surface area contributed by atoms with Crippen LogP contribution in [-0.2, 0) is 0 Å². The van der Waals surface area contributed by atoms with Crippen molar-refractivity contribution in [1.29, 1.82) is 0 Å². The van der Waals surface area contributed by atoms with Crippen molar-refractivity contribution in [3.05, 3.63) is 35.8 Å². The number of nitrogen functional groups attached to an aromatic ring is 1. The van der Waals surface area contributed by atoms with Crippen molar-refractivity contribution in [1.82, 2.24) is 9.97 Å². The fourth-order valence-electron chi connectivity index (χ4n) is 1.79. The van der Waals surface area contributed by atoms with Gasteiger partial charge in [-0.3, -0.25) is 0 Å². The van der Waals surface area contributed by atoms with E-state index in [1.54, 1.807) is 0 Å². The third-order valence-corrected chi connectivity index (χ3v) is 2.76. The third kappa shape index (κ3) is 4.38. The molecule has 0 spiro atoms.